The van der Waals surface area contributed by atoms with E-state index < -0.39 is 0 Å². The summed E-state index contributed by atoms with van der Waals surface area (Å²) in [5, 5.41) is 3.57. The van der Waals surface area contributed by atoms with Crippen molar-refractivity contribution in [3.05, 3.63) is 0 Å². The van der Waals surface area contributed by atoms with E-state index in [4.69, 9.17) is 0 Å². The lowest BCUT2D eigenvalue weighted by molar-refractivity contribution is 0.212. The van der Waals surface area contributed by atoms with Gasteiger partial charge in [-0.25, -0.2) is 0 Å². The van der Waals surface area contributed by atoms with E-state index in [1.165, 1.54) is 25.7 Å². The molecule has 3 atom stereocenters. The molecule has 0 aromatic rings. The molecule has 80 valence electrons. The molecule has 1 fully saturated rings. The van der Waals surface area contributed by atoms with Crippen molar-refractivity contribution in [1.82, 2.24) is 5.32 Å². The van der Waals surface area contributed by atoms with Crippen LogP contribution in [0.5, 0.6) is 0 Å². The van der Waals surface area contributed by atoms with E-state index in [2.05, 4.69) is 31.0 Å². The van der Waals surface area contributed by atoms with E-state index >= 15 is 0 Å². The first-order valence-corrected chi connectivity index (χ1v) is 5.90. The lowest BCUT2D eigenvalue weighted by Crippen LogP contribution is -2.40. The smallest absolute Gasteiger partial charge is 0.0578 e. The van der Waals surface area contributed by atoms with E-state index in [9.17, 15) is 0 Å². The Hall–Kier alpha value is -0.480. The summed E-state index contributed by atoms with van der Waals surface area (Å²) >= 11 is 0. The molecule has 0 saturated heterocycles. The van der Waals surface area contributed by atoms with Crippen LogP contribution in [-0.2, 0) is 0 Å². The first-order chi connectivity index (χ1) is 6.77. The summed E-state index contributed by atoms with van der Waals surface area (Å²) in [5.74, 6) is 7.83. The predicted octanol–water partition coefficient (Wildman–Crippen LogP) is 2.81. The molecule has 0 aromatic carbocycles. The summed E-state index contributed by atoms with van der Waals surface area (Å²) in [6, 6.07) is 0.719. The Bertz CT molecular complexity index is 211. The molecule has 0 amide bonds. The average Bonchev–Trinajstić information content (AvgIpc) is 2.20. The van der Waals surface area contributed by atoms with Gasteiger partial charge in [-0.1, -0.05) is 26.2 Å². The fourth-order valence-corrected chi connectivity index (χ4v) is 2.49. The Morgan fingerprint density at radius 3 is 2.79 bits per heavy atom. The standard InChI is InChI=1S/C13H23N/c1-4-6-9-14-13-8-7-11(3)10-12(13)5-2/h11-14H,5,7-10H2,1-3H3. The van der Waals surface area contributed by atoms with E-state index in [1.807, 2.05) is 6.92 Å². The van der Waals surface area contributed by atoms with Crippen molar-refractivity contribution in [1.29, 1.82) is 0 Å². The van der Waals surface area contributed by atoms with Crippen LogP contribution in [0, 0.1) is 23.7 Å². The molecule has 1 aliphatic rings. The third-order valence-electron chi connectivity index (χ3n) is 3.40. The number of rotatable bonds is 3. The minimum atomic E-state index is 0.719. The highest BCUT2D eigenvalue weighted by Gasteiger charge is 2.26. The summed E-state index contributed by atoms with van der Waals surface area (Å²) < 4.78 is 0. The van der Waals surface area contributed by atoms with Crippen molar-refractivity contribution in [2.75, 3.05) is 6.54 Å². The van der Waals surface area contributed by atoms with Crippen LogP contribution in [0.1, 0.15) is 46.5 Å². The van der Waals surface area contributed by atoms with Gasteiger partial charge in [0.1, 0.15) is 0 Å². The van der Waals surface area contributed by atoms with Crippen LogP contribution < -0.4 is 5.32 Å². The minimum Gasteiger partial charge on any atom is -0.303 e. The zero-order chi connectivity index (χ0) is 10.4. The van der Waals surface area contributed by atoms with Crippen molar-refractivity contribution in [3.8, 4) is 11.8 Å². The lowest BCUT2D eigenvalue weighted by Gasteiger charge is -2.34. The van der Waals surface area contributed by atoms with Gasteiger partial charge in [-0.2, -0.15) is 0 Å². The second-order valence-corrected chi connectivity index (χ2v) is 4.50. The van der Waals surface area contributed by atoms with Crippen molar-refractivity contribution < 1.29 is 0 Å². The van der Waals surface area contributed by atoms with Crippen LogP contribution in [0.4, 0.5) is 0 Å². The van der Waals surface area contributed by atoms with Gasteiger partial charge >= 0.3 is 0 Å². The maximum absolute atomic E-state index is 3.57. The van der Waals surface area contributed by atoms with Crippen LogP contribution in [-0.4, -0.2) is 12.6 Å². The molecule has 0 aliphatic heterocycles. The molecule has 0 spiro atoms. The first-order valence-electron chi connectivity index (χ1n) is 5.90. The summed E-state index contributed by atoms with van der Waals surface area (Å²) in [6.07, 6.45) is 5.42. The van der Waals surface area contributed by atoms with Gasteiger partial charge in [-0.05, 0) is 38.0 Å². The first kappa shape index (κ1) is 11.6. The van der Waals surface area contributed by atoms with Gasteiger partial charge in [0.25, 0.3) is 0 Å². The summed E-state index contributed by atoms with van der Waals surface area (Å²) in [4.78, 5) is 0. The maximum Gasteiger partial charge on any atom is 0.0578 e. The topological polar surface area (TPSA) is 12.0 Å². The molecule has 1 N–H and O–H groups in total. The molecule has 1 saturated carbocycles. The third kappa shape index (κ3) is 3.35. The second kappa shape index (κ2) is 6.09. The van der Waals surface area contributed by atoms with E-state index in [0.717, 1.165) is 24.4 Å². The summed E-state index contributed by atoms with van der Waals surface area (Å²) in [6.45, 7) is 7.46. The molecule has 1 rings (SSSR count). The summed E-state index contributed by atoms with van der Waals surface area (Å²) in [5.41, 5.74) is 0. The average molecular weight is 193 g/mol. The van der Waals surface area contributed by atoms with E-state index in [1.54, 1.807) is 0 Å². The molecule has 1 aliphatic carbocycles. The fraction of sp³-hybridized carbons (Fsp3) is 0.846. The Morgan fingerprint density at radius 2 is 2.14 bits per heavy atom. The van der Waals surface area contributed by atoms with Gasteiger partial charge in [0, 0.05) is 6.04 Å². The highest BCUT2D eigenvalue weighted by molar-refractivity contribution is 4.98. The molecule has 1 nitrogen and oxygen atoms in total. The van der Waals surface area contributed by atoms with Gasteiger partial charge in [0.05, 0.1) is 6.54 Å². The normalized spacial score (nSPS) is 32.1. The zero-order valence-electron chi connectivity index (χ0n) is 9.77. The Labute approximate surface area is 88.7 Å². The largest absolute Gasteiger partial charge is 0.303 e. The monoisotopic (exact) mass is 193 g/mol. The van der Waals surface area contributed by atoms with Crippen molar-refractivity contribution in [2.24, 2.45) is 11.8 Å². The Kier molecular flexibility index (Phi) is 5.04. The van der Waals surface area contributed by atoms with Gasteiger partial charge in [-0.3, -0.25) is 0 Å². The number of hydrogen-bond donors (Lipinski definition) is 1. The maximum atomic E-state index is 3.57. The molecule has 1 heteroatoms. The molecule has 0 radical (unpaired) electrons. The molecule has 3 unspecified atom stereocenters. The Morgan fingerprint density at radius 1 is 1.36 bits per heavy atom. The zero-order valence-corrected chi connectivity index (χ0v) is 9.77. The molecular weight excluding hydrogens is 170 g/mol. The fourth-order valence-electron chi connectivity index (χ4n) is 2.49. The summed E-state index contributed by atoms with van der Waals surface area (Å²) in [7, 11) is 0. The van der Waals surface area contributed by atoms with Crippen molar-refractivity contribution in [2.45, 2.75) is 52.5 Å². The van der Waals surface area contributed by atoms with Crippen LogP contribution >= 0.6 is 0 Å². The highest BCUT2D eigenvalue weighted by atomic mass is 14.9. The van der Waals surface area contributed by atoms with Crippen LogP contribution in [0.15, 0.2) is 0 Å². The van der Waals surface area contributed by atoms with Gasteiger partial charge in [-0.15, -0.1) is 5.92 Å². The lowest BCUT2D eigenvalue weighted by atomic mass is 9.77. The predicted molar refractivity (Wildman–Crippen MR) is 62.0 cm³/mol. The Balaban J connectivity index is 2.36. The SMILES string of the molecule is CC#CCNC1CCC(C)CC1CC. The quantitative estimate of drug-likeness (QED) is 0.680. The van der Waals surface area contributed by atoms with Crippen LogP contribution in [0.3, 0.4) is 0 Å². The molecular formula is C13H23N. The number of nitrogens with one attached hydrogen (secondary N) is 1. The molecule has 0 bridgehead atoms. The second-order valence-electron chi connectivity index (χ2n) is 4.50. The van der Waals surface area contributed by atoms with Crippen molar-refractivity contribution in [3.63, 3.8) is 0 Å². The van der Waals surface area contributed by atoms with Gasteiger partial charge in [0.15, 0.2) is 0 Å². The van der Waals surface area contributed by atoms with E-state index in [0.29, 0.717) is 0 Å². The van der Waals surface area contributed by atoms with E-state index in [-0.39, 0.29) is 0 Å². The molecule has 14 heavy (non-hydrogen) atoms. The molecule has 0 aromatic heterocycles. The molecule has 0 heterocycles. The number of hydrogen-bond acceptors (Lipinski definition) is 1. The van der Waals surface area contributed by atoms with Gasteiger partial charge < -0.3 is 5.32 Å². The third-order valence-corrected chi connectivity index (χ3v) is 3.40. The van der Waals surface area contributed by atoms with Crippen molar-refractivity contribution >= 4 is 0 Å². The van der Waals surface area contributed by atoms with Crippen LogP contribution in [0.2, 0.25) is 0 Å². The minimum absolute atomic E-state index is 0.719. The highest BCUT2D eigenvalue weighted by Crippen LogP contribution is 2.30. The van der Waals surface area contributed by atoms with Crippen LogP contribution in [0.25, 0.3) is 0 Å². The van der Waals surface area contributed by atoms with Gasteiger partial charge in [0.2, 0.25) is 0 Å².